The highest BCUT2D eigenvalue weighted by Crippen LogP contribution is 2.51. The molecule has 1 aliphatic heterocycles. The smallest absolute Gasteiger partial charge is 0.0602 e. The quantitative estimate of drug-likeness (QED) is 0.389. The lowest BCUT2D eigenvalue weighted by Crippen LogP contribution is -2.14. The van der Waals surface area contributed by atoms with Gasteiger partial charge in [-0.15, -0.1) is 0 Å². The number of hydrogen-bond acceptors (Lipinski definition) is 2. The predicted molar refractivity (Wildman–Crippen MR) is 95.0 cm³/mol. The maximum atomic E-state index is 6.19. The Kier molecular flexibility index (Phi) is 3.36. The van der Waals surface area contributed by atoms with E-state index in [1.54, 1.807) is 11.8 Å². The lowest BCUT2D eigenvalue weighted by molar-refractivity contribution is 1.16. The molecule has 0 aliphatic carbocycles. The van der Waals surface area contributed by atoms with Gasteiger partial charge >= 0.3 is 0 Å². The number of benzene rings is 3. The van der Waals surface area contributed by atoms with Crippen LogP contribution in [0.5, 0.6) is 0 Å². The summed E-state index contributed by atoms with van der Waals surface area (Å²) >= 11 is 7.96. The van der Waals surface area contributed by atoms with Gasteiger partial charge < -0.3 is 4.90 Å². The van der Waals surface area contributed by atoms with E-state index in [9.17, 15) is 0 Å². The summed E-state index contributed by atoms with van der Waals surface area (Å²) in [4.78, 5) is 4.74. The van der Waals surface area contributed by atoms with E-state index in [1.807, 2.05) is 12.1 Å². The van der Waals surface area contributed by atoms with Gasteiger partial charge in [0, 0.05) is 20.5 Å². The first-order chi connectivity index (χ1) is 10.7. The summed E-state index contributed by atoms with van der Waals surface area (Å²) in [5, 5.41) is 0.773. The molecule has 1 aliphatic rings. The summed E-state index contributed by atoms with van der Waals surface area (Å²) in [5.74, 6) is 0. The van der Waals surface area contributed by atoms with E-state index in [0.29, 0.717) is 0 Å². The molecule has 0 unspecified atom stereocenters. The van der Waals surface area contributed by atoms with Gasteiger partial charge in [-0.3, -0.25) is 0 Å². The van der Waals surface area contributed by atoms with E-state index in [2.05, 4.69) is 66.4 Å². The molecule has 3 heteroatoms. The average molecular weight is 324 g/mol. The number of nitrogens with zero attached hydrogens (tertiary/aromatic N) is 1. The molecule has 3 aromatic carbocycles. The van der Waals surface area contributed by atoms with Gasteiger partial charge in [0.1, 0.15) is 0 Å². The molecule has 22 heavy (non-hydrogen) atoms. The normalized spacial score (nSPS) is 12.7. The predicted octanol–water partition coefficient (Wildman–Crippen LogP) is 6.58. The van der Waals surface area contributed by atoms with E-state index in [-0.39, 0.29) is 0 Å². The second-order valence-electron chi connectivity index (χ2n) is 5.35. The van der Waals surface area contributed by atoms with E-state index in [4.69, 9.17) is 11.6 Å². The molecule has 1 heterocycles. The van der Waals surface area contributed by atoms with Crippen LogP contribution in [0.1, 0.15) is 5.56 Å². The molecule has 1 nitrogen and oxygen atoms in total. The molecular weight excluding hydrogens is 310 g/mol. The lowest BCUT2D eigenvalue weighted by atomic mass is 10.1. The van der Waals surface area contributed by atoms with E-state index in [0.717, 1.165) is 5.02 Å². The molecule has 0 spiro atoms. The number of anilines is 3. The van der Waals surface area contributed by atoms with Crippen molar-refractivity contribution in [2.24, 2.45) is 0 Å². The standard InChI is InChI=1S/C19H14ClNS/c1-13-6-9-15(10-7-13)21-16-4-2-3-5-18(16)22-19-12-14(20)8-11-17(19)21/h2-12H,1H3. The minimum absolute atomic E-state index is 0.773. The summed E-state index contributed by atoms with van der Waals surface area (Å²) < 4.78 is 0. The summed E-state index contributed by atoms with van der Waals surface area (Å²) in [6, 6.07) is 23.2. The van der Waals surface area contributed by atoms with Gasteiger partial charge in [0.2, 0.25) is 0 Å². The van der Waals surface area contributed by atoms with Crippen molar-refractivity contribution >= 4 is 40.4 Å². The molecule has 108 valence electrons. The maximum absolute atomic E-state index is 6.19. The Hall–Kier alpha value is -1.90. The van der Waals surface area contributed by atoms with Gasteiger partial charge in [0.15, 0.2) is 0 Å². The molecule has 0 bridgehead atoms. The summed E-state index contributed by atoms with van der Waals surface area (Å²) in [5.41, 5.74) is 4.82. The summed E-state index contributed by atoms with van der Waals surface area (Å²) in [6.07, 6.45) is 0. The molecule has 0 aromatic heterocycles. The van der Waals surface area contributed by atoms with Gasteiger partial charge in [-0.05, 0) is 49.4 Å². The van der Waals surface area contributed by atoms with Crippen LogP contribution < -0.4 is 4.90 Å². The zero-order chi connectivity index (χ0) is 15.1. The number of fused-ring (bicyclic) bond motifs is 2. The number of rotatable bonds is 1. The minimum Gasteiger partial charge on any atom is -0.308 e. The molecule has 0 radical (unpaired) electrons. The maximum Gasteiger partial charge on any atom is 0.0602 e. The lowest BCUT2D eigenvalue weighted by Gasteiger charge is -2.33. The summed E-state index contributed by atoms with van der Waals surface area (Å²) in [6.45, 7) is 2.11. The van der Waals surface area contributed by atoms with Crippen molar-refractivity contribution in [3.8, 4) is 0 Å². The van der Waals surface area contributed by atoms with Crippen molar-refractivity contribution in [3.63, 3.8) is 0 Å². The Morgan fingerprint density at radius 2 is 1.55 bits per heavy atom. The van der Waals surface area contributed by atoms with Crippen molar-refractivity contribution in [3.05, 3.63) is 77.3 Å². The second kappa shape index (κ2) is 5.38. The van der Waals surface area contributed by atoms with Gasteiger partial charge in [0.05, 0.1) is 11.4 Å². The second-order valence-corrected chi connectivity index (χ2v) is 6.87. The fraction of sp³-hybridized carbons (Fsp3) is 0.0526. The zero-order valence-electron chi connectivity index (χ0n) is 12.1. The van der Waals surface area contributed by atoms with Crippen LogP contribution in [-0.2, 0) is 0 Å². The third-order valence-electron chi connectivity index (χ3n) is 3.78. The van der Waals surface area contributed by atoms with Gasteiger partial charge in [-0.1, -0.05) is 53.2 Å². The van der Waals surface area contributed by atoms with Gasteiger partial charge in [-0.2, -0.15) is 0 Å². The first kappa shape index (κ1) is 13.7. The van der Waals surface area contributed by atoms with E-state index >= 15 is 0 Å². The van der Waals surface area contributed by atoms with Gasteiger partial charge in [0.25, 0.3) is 0 Å². The minimum atomic E-state index is 0.773. The molecule has 4 rings (SSSR count). The molecule has 0 amide bonds. The summed E-state index contributed by atoms with van der Waals surface area (Å²) in [7, 11) is 0. The van der Waals surface area contributed by atoms with Crippen LogP contribution in [0.25, 0.3) is 0 Å². The molecule has 0 N–H and O–H groups in total. The molecule has 0 saturated carbocycles. The van der Waals surface area contributed by atoms with Crippen LogP contribution in [0, 0.1) is 6.92 Å². The third-order valence-corrected chi connectivity index (χ3v) is 5.13. The van der Waals surface area contributed by atoms with E-state index in [1.165, 1.54) is 32.4 Å². The monoisotopic (exact) mass is 323 g/mol. The van der Waals surface area contributed by atoms with Crippen LogP contribution in [-0.4, -0.2) is 0 Å². The number of aryl methyl sites for hydroxylation is 1. The van der Waals surface area contributed by atoms with Crippen molar-refractivity contribution in [2.45, 2.75) is 16.7 Å². The Balaban J connectivity index is 1.95. The number of hydrogen-bond donors (Lipinski definition) is 0. The fourth-order valence-electron chi connectivity index (χ4n) is 2.70. The van der Waals surface area contributed by atoms with Crippen LogP contribution >= 0.6 is 23.4 Å². The largest absolute Gasteiger partial charge is 0.308 e. The SMILES string of the molecule is Cc1ccc(N2c3ccccc3Sc3cc(Cl)ccc32)cc1. The highest BCUT2D eigenvalue weighted by Gasteiger charge is 2.24. The molecule has 0 saturated heterocycles. The fourth-order valence-corrected chi connectivity index (χ4v) is 4.04. The van der Waals surface area contributed by atoms with Gasteiger partial charge in [-0.25, -0.2) is 0 Å². The number of para-hydroxylation sites is 1. The average Bonchev–Trinajstić information content (AvgIpc) is 2.53. The Labute approximate surface area is 139 Å². The first-order valence-corrected chi connectivity index (χ1v) is 8.35. The van der Waals surface area contributed by atoms with Crippen molar-refractivity contribution in [2.75, 3.05) is 4.90 Å². The van der Waals surface area contributed by atoms with E-state index < -0.39 is 0 Å². The zero-order valence-corrected chi connectivity index (χ0v) is 13.7. The Morgan fingerprint density at radius 3 is 2.36 bits per heavy atom. The topological polar surface area (TPSA) is 3.24 Å². The van der Waals surface area contributed by atoms with Crippen LogP contribution in [0.4, 0.5) is 17.1 Å². The number of halogens is 1. The highest BCUT2D eigenvalue weighted by molar-refractivity contribution is 7.99. The van der Waals surface area contributed by atoms with Crippen molar-refractivity contribution < 1.29 is 0 Å². The van der Waals surface area contributed by atoms with Crippen LogP contribution in [0.3, 0.4) is 0 Å². The molecule has 3 aromatic rings. The van der Waals surface area contributed by atoms with Crippen molar-refractivity contribution in [1.82, 2.24) is 0 Å². The highest BCUT2D eigenvalue weighted by atomic mass is 35.5. The Bertz CT molecular complexity index is 842. The van der Waals surface area contributed by atoms with Crippen LogP contribution in [0.15, 0.2) is 76.5 Å². The first-order valence-electron chi connectivity index (χ1n) is 7.15. The molecular formula is C19H14ClNS. The Morgan fingerprint density at radius 1 is 0.818 bits per heavy atom. The molecule has 0 fully saturated rings. The van der Waals surface area contributed by atoms with Crippen LogP contribution in [0.2, 0.25) is 5.02 Å². The third kappa shape index (κ3) is 2.29. The molecule has 0 atom stereocenters. The van der Waals surface area contributed by atoms with Crippen molar-refractivity contribution in [1.29, 1.82) is 0 Å².